The van der Waals surface area contributed by atoms with E-state index in [1.807, 2.05) is 0 Å². The quantitative estimate of drug-likeness (QED) is 0.722. The fraction of sp³-hybridized carbons (Fsp3) is 0.533. The highest BCUT2D eigenvalue weighted by Gasteiger charge is 2.43. The number of hydrogen-bond acceptors (Lipinski definition) is 3. The molecule has 1 aromatic carbocycles. The van der Waals surface area contributed by atoms with Gasteiger partial charge < -0.3 is 4.84 Å². The van der Waals surface area contributed by atoms with Crippen LogP contribution in [-0.4, -0.2) is 30.3 Å². The number of halogens is 8. The van der Waals surface area contributed by atoms with Gasteiger partial charge in [-0.15, -0.1) is 5.06 Å². The van der Waals surface area contributed by atoms with Crippen LogP contribution in [0.3, 0.4) is 0 Å². The standard InChI is InChI=1S/C15H13F8NO2/c16-11-6-9(14(18,19)20)7-12(17)10(11)5-8-1-3-24(4-2-8)26-13(25)15(21,22)23/h6-8H,1-5H2. The Bertz CT molecular complexity index is 640. The molecule has 0 radical (unpaired) electrons. The van der Waals surface area contributed by atoms with Crippen LogP contribution in [0.5, 0.6) is 0 Å². The zero-order valence-corrected chi connectivity index (χ0v) is 13.1. The molecule has 1 aliphatic heterocycles. The van der Waals surface area contributed by atoms with Crippen molar-refractivity contribution >= 4 is 5.97 Å². The van der Waals surface area contributed by atoms with Crippen molar-refractivity contribution in [2.75, 3.05) is 13.1 Å². The van der Waals surface area contributed by atoms with Gasteiger partial charge in [-0.05, 0) is 37.3 Å². The van der Waals surface area contributed by atoms with E-state index in [1.165, 1.54) is 0 Å². The van der Waals surface area contributed by atoms with E-state index in [2.05, 4.69) is 4.84 Å². The smallest absolute Gasteiger partial charge is 0.361 e. The molecule has 146 valence electrons. The van der Waals surface area contributed by atoms with E-state index >= 15 is 0 Å². The third-order valence-corrected chi connectivity index (χ3v) is 3.98. The molecule has 1 heterocycles. The molecule has 0 N–H and O–H groups in total. The number of piperidine rings is 1. The van der Waals surface area contributed by atoms with Crippen LogP contribution >= 0.6 is 0 Å². The number of nitrogens with zero attached hydrogens (tertiary/aromatic N) is 1. The average molecular weight is 391 g/mol. The van der Waals surface area contributed by atoms with Gasteiger partial charge in [0.1, 0.15) is 11.6 Å². The number of alkyl halides is 6. The Morgan fingerprint density at radius 1 is 1.04 bits per heavy atom. The molecule has 11 heteroatoms. The number of carbonyl (C=O) groups excluding carboxylic acids is 1. The molecule has 1 saturated heterocycles. The molecule has 1 aromatic rings. The summed E-state index contributed by atoms with van der Waals surface area (Å²) in [5, 5.41) is 0.797. The van der Waals surface area contributed by atoms with E-state index in [0.29, 0.717) is 0 Å². The molecule has 1 aliphatic rings. The van der Waals surface area contributed by atoms with Crippen molar-refractivity contribution in [3.8, 4) is 0 Å². The maximum absolute atomic E-state index is 13.8. The van der Waals surface area contributed by atoms with Gasteiger partial charge in [-0.2, -0.15) is 26.3 Å². The van der Waals surface area contributed by atoms with Crippen LogP contribution in [-0.2, 0) is 22.2 Å². The van der Waals surface area contributed by atoms with Crippen LogP contribution in [0.2, 0.25) is 0 Å². The first-order valence-electron chi connectivity index (χ1n) is 7.47. The summed E-state index contributed by atoms with van der Waals surface area (Å²) in [6.45, 7) is -0.174. The van der Waals surface area contributed by atoms with Crippen LogP contribution in [0.1, 0.15) is 24.0 Å². The number of hydroxylamine groups is 2. The molecule has 26 heavy (non-hydrogen) atoms. The number of rotatable bonds is 3. The van der Waals surface area contributed by atoms with Crippen LogP contribution in [0.15, 0.2) is 12.1 Å². The second-order valence-corrected chi connectivity index (χ2v) is 5.87. The van der Waals surface area contributed by atoms with Crippen molar-refractivity contribution in [1.82, 2.24) is 5.06 Å². The summed E-state index contributed by atoms with van der Waals surface area (Å²) in [6.07, 6.45) is -9.91. The van der Waals surface area contributed by atoms with Gasteiger partial charge in [0.2, 0.25) is 0 Å². The molecule has 0 aromatic heterocycles. The van der Waals surface area contributed by atoms with Gasteiger partial charge >= 0.3 is 18.3 Å². The monoisotopic (exact) mass is 391 g/mol. The van der Waals surface area contributed by atoms with Gasteiger partial charge in [0.15, 0.2) is 0 Å². The van der Waals surface area contributed by atoms with Crippen LogP contribution in [0, 0.1) is 17.6 Å². The van der Waals surface area contributed by atoms with E-state index in [-0.39, 0.29) is 50.4 Å². The Labute approximate surface area is 142 Å². The highest BCUT2D eigenvalue weighted by Crippen LogP contribution is 2.33. The Hall–Kier alpha value is -1.91. The number of carbonyl (C=O) groups is 1. The van der Waals surface area contributed by atoms with E-state index in [0.717, 1.165) is 5.06 Å². The lowest BCUT2D eigenvalue weighted by atomic mass is 9.90. The first kappa shape index (κ1) is 20.4. The third-order valence-electron chi connectivity index (χ3n) is 3.98. The Kier molecular flexibility index (Phi) is 5.79. The van der Waals surface area contributed by atoms with Gasteiger partial charge in [0, 0.05) is 18.7 Å². The SMILES string of the molecule is O=C(ON1CCC(Cc2c(F)cc(C(F)(F)F)cc2F)CC1)C(F)(F)F. The van der Waals surface area contributed by atoms with Crippen LogP contribution in [0.4, 0.5) is 35.1 Å². The van der Waals surface area contributed by atoms with Crippen LogP contribution < -0.4 is 0 Å². The molecule has 0 aliphatic carbocycles. The summed E-state index contributed by atoms with van der Waals surface area (Å²) in [4.78, 5) is 14.9. The van der Waals surface area contributed by atoms with Gasteiger partial charge in [-0.1, -0.05) is 0 Å². The molecule has 0 spiro atoms. The molecule has 0 bridgehead atoms. The molecule has 0 atom stereocenters. The second-order valence-electron chi connectivity index (χ2n) is 5.87. The zero-order chi connectivity index (χ0) is 19.7. The Morgan fingerprint density at radius 3 is 1.96 bits per heavy atom. The number of benzene rings is 1. The Balaban J connectivity index is 1.97. The molecule has 0 unspecified atom stereocenters. The first-order chi connectivity index (χ1) is 11.9. The summed E-state index contributed by atoms with van der Waals surface area (Å²) < 4.78 is 102. The highest BCUT2D eigenvalue weighted by atomic mass is 19.4. The molecule has 0 amide bonds. The van der Waals surface area contributed by atoms with Gasteiger partial charge in [0.25, 0.3) is 0 Å². The fourth-order valence-electron chi connectivity index (χ4n) is 2.62. The maximum atomic E-state index is 13.8. The number of hydrogen-bond donors (Lipinski definition) is 0. The van der Waals surface area contributed by atoms with Crippen molar-refractivity contribution in [1.29, 1.82) is 0 Å². The van der Waals surface area contributed by atoms with Gasteiger partial charge in [0.05, 0.1) is 5.56 Å². The summed E-state index contributed by atoms with van der Waals surface area (Å²) in [5.74, 6) is -5.40. The molecular formula is C15H13F8NO2. The van der Waals surface area contributed by atoms with Crippen LogP contribution in [0.25, 0.3) is 0 Å². The molecule has 2 rings (SSSR count). The first-order valence-corrected chi connectivity index (χ1v) is 7.47. The second kappa shape index (κ2) is 7.37. The van der Waals surface area contributed by atoms with E-state index in [4.69, 9.17) is 0 Å². The summed E-state index contributed by atoms with van der Waals surface area (Å²) >= 11 is 0. The molecular weight excluding hydrogens is 378 g/mol. The lowest BCUT2D eigenvalue weighted by molar-refractivity contribution is -0.242. The Morgan fingerprint density at radius 2 is 1.54 bits per heavy atom. The predicted octanol–water partition coefficient (Wildman–Crippen LogP) is 4.26. The van der Waals surface area contributed by atoms with E-state index < -0.39 is 41.1 Å². The lowest BCUT2D eigenvalue weighted by Gasteiger charge is -2.30. The average Bonchev–Trinajstić information content (AvgIpc) is 2.50. The molecule has 1 fully saturated rings. The minimum atomic E-state index is -5.14. The van der Waals surface area contributed by atoms with Crippen molar-refractivity contribution in [3.63, 3.8) is 0 Å². The van der Waals surface area contributed by atoms with Crippen molar-refractivity contribution < 1.29 is 44.8 Å². The summed E-state index contributed by atoms with van der Waals surface area (Å²) in [7, 11) is 0. The zero-order valence-electron chi connectivity index (χ0n) is 13.1. The van der Waals surface area contributed by atoms with Crippen molar-refractivity contribution in [2.24, 2.45) is 5.92 Å². The topological polar surface area (TPSA) is 29.5 Å². The summed E-state index contributed by atoms with van der Waals surface area (Å²) in [5.41, 5.74) is -1.95. The maximum Gasteiger partial charge on any atom is 0.492 e. The predicted molar refractivity (Wildman–Crippen MR) is 71.5 cm³/mol. The van der Waals surface area contributed by atoms with Crippen molar-refractivity contribution in [2.45, 2.75) is 31.6 Å². The minimum Gasteiger partial charge on any atom is -0.361 e. The van der Waals surface area contributed by atoms with Gasteiger partial charge in [-0.3, -0.25) is 0 Å². The van der Waals surface area contributed by atoms with Gasteiger partial charge in [-0.25, -0.2) is 13.6 Å². The highest BCUT2D eigenvalue weighted by molar-refractivity contribution is 5.75. The van der Waals surface area contributed by atoms with Crippen molar-refractivity contribution in [3.05, 3.63) is 34.9 Å². The lowest BCUT2D eigenvalue weighted by Crippen LogP contribution is -2.40. The van der Waals surface area contributed by atoms with E-state index in [9.17, 15) is 39.9 Å². The summed E-state index contributed by atoms with van der Waals surface area (Å²) in [6, 6.07) is 0.414. The molecule has 0 saturated carbocycles. The fourth-order valence-corrected chi connectivity index (χ4v) is 2.62. The normalized spacial score (nSPS) is 17.4. The third kappa shape index (κ3) is 5.05. The molecule has 3 nitrogen and oxygen atoms in total. The van der Waals surface area contributed by atoms with E-state index in [1.54, 1.807) is 0 Å². The largest absolute Gasteiger partial charge is 0.492 e. The minimum absolute atomic E-state index is 0.0869.